The average Bonchev–Trinajstić information content (AvgIpc) is 3.26. The van der Waals surface area contributed by atoms with Crippen LogP contribution in [0, 0.1) is 11.6 Å². The third-order valence-electron chi connectivity index (χ3n) is 5.98. The summed E-state index contributed by atoms with van der Waals surface area (Å²) in [4.78, 5) is 39.8. The second-order valence-corrected chi connectivity index (χ2v) is 8.00. The van der Waals surface area contributed by atoms with Gasteiger partial charge in [0.25, 0.3) is 5.91 Å². The minimum absolute atomic E-state index is 0.0487. The van der Waals surface area contributed by atoms with Crippen LogP contribution in [0.2, 0.25) is 0 Å². The third kappa shape index (κ3) is 3.65. The molecule has 156 valence electrons. The Morgan fingerprint density at radius 3 is 2.28 bits per heavy atom. The third-order valence-corrected chi connectivity index (χ3v) is 5.98. The number of nitrogens with one attached hydrogen (secondary N) is 2. The number of nitrogens with zero attached hydrogens (tertiary/aromatic N) is 2. The first kappa shape index (κ1) is 19.6. The summed E-state index contributed by atoms with van der Waals surface area (Å²) in [5.41, 5.74) is -1.05. The van der Waals surface area contributed by atoms with Gasteiger partial charge in [-0.1, -0.05) is 19.3 Å². The Bertz CT molecular complexity index is 825. The maximum Gasteiger partial charge on any atom is 0.325 e. The van der Waals surface area contributed by atoms with Crippen LogP contribution in [0.3, 0.4) is 0 Å². The van der Waals surface area contributed by atoms with E-state index in [2.05, 4.69) is 10.6 Å². The van der Waals surface area contributed by atoms with Gasteiger partial charge in [0.15, 0.2) is 11.6 Å². The standard InChI is InChI=1S/C20H24F2N4O3/c21-14-10-13(11-15(22)17(14)25-8-4-5-9-25)23-16(27)12-26-18(28)20(24-19(26)29)6-2-1-3-7-20/h10-11H,1-9,12H2,(H,23,27)(H,24,29). The predicted octanol–water partition coefficient (Wildman–Crippen LogP) is 2.76. The Morgan fingerprint density at radius 2 is 1.66 bits per heavy atom. The van der Waals surface area contributed by atoms with E-state index in [1.807, 2.05) is 0 Å². The van der Waals surface area contributed by atoms with Gasteiger partial charge in [-0.3, -0.25) is 14.5 Å². The number of hydrogen-bond acceptors (Lipinski definition) is 4. The van der Waals surface area contributed by atoms with Gasteiger partial charge in [-0.2, -0.15) is 0 Å². The van der Waals surface area contributed by atoms with Crippen LogP contribution in [0.15, 0.2) is 12.1 Å². The summed E-state index contributed by atoms with van der Waals surface area (Å²) in [5, 5.41) is 5.12. The fraction of sp³-hybridized carbons (Fsp3) is 0.550. The lowest BCUT2D eigenvalue weighted by Crippen LogP contribution is -2.48. The van der Waals surface area contributed by atoms with Crippen molar-refractivity contribution in [3.63, 3.8) is 0 Å². The minimum atomic E-state index is -0.912. The van der Waals surface area contributed by atoms with Gasteiger partial charge in [-0.05, 0) is 37.8 Å². The highest BCUT2D eigenvalue weighted by Crippen LogP contribution is 2.34. The fourth-order valence-corrected chi connectivity index (χ4v) is 4.54. The van der Waals surface area contributed by atoms with E-state index >= 15 is 0 Å². The smallest absolute Gasteiger partial charge is 0.325 e. The van der Waals surface area contributed by atoms with Crippen molar-refractivity contribution in [2.24, 2.45) is 0 Å². The summed E-state index contributed by atoms with van der Waals surface area (Å²) in [5.74, 6) is -2.59. The van der Waals surface area contributed by atoms with Crippen molar-refractivity contribution in [3.05, 3.63) is 23.8 Å². The SMILES string of the molecule is O=C(CN1C(=O)NC2(CCCCC2)C1=O)Nc1cc(F)c(N2CCCC2)c(F)c1. The highest BCUT2D eigenvalue weighted by molar-refractivity contribution is 6.10. The molecule has 2 N–H and O–H groups in total. The number of anilines is 2. The molecule has 29 heavy (non-hydrogen) atoms. The lowest BCUT2D eigenvalue weighted by Gasteiger charge is -2.30. The van der Waals surface area contributed by atoms with E-state index in [1.54, 1.807) is 4.90 Å². The molecule has 1 saturated carbocycles. The Labute approximate surface area is 167 Å². The summed E-state index contributed by atoms with van der Waals surface area (Å²) < 4.78 is 28.8. The van der Waals surface area contributed by atoms with E-state index in [0.29, 0.717) is 25.9 Å². The van der Waals surface area contributed by atoms with Gasteiger partial charge in [-0.15, -0.1) is 0 Å². The lowest BCUT2D eigenvalue weighted by atomic mass is 9.82. The van der Waals surface area contributed by atoms with E-state index in [9.17, 15) is 23.2 Å². The van der Waals surface area contributed by atoms with Crippen molar-refractivity contribution in [2.75, 3.05) is 29.9 Å². The first-order valence-electron chi connectivity index (χ1n) is 10.1. The summed E-state index contributed by atoms with van der Waals surface area (Å²) in [6.45, 7) is 0.685. The predicted molar refractivity (Wildman–Crippen MR) is 102 cm³/mol. The van der Waals surface area contributed by atoms with Crippen LogP contribution < -0.4 is 15.5 Å². The van der Waals surface area contributed by atoms with Gasteiger partial charge in [-0.25, -0.2) is 13.6 Å². The Morgan fingerprint density at radius 1 is 1.03 bits per heavy atom. The van der Waals surface area contributed by atoms with Crippen molar-refractivity contribution in [1.82, 2.24) is 10.2 Å². The largest absolute Gasteiger partial charge is 0.367 e. The first-order valence-corrected chi connectivity index (χ1v) is 10.1. The molecule has 4 amide bonds. The molecule has 1 aromatic rings. The van der Waals surface area contributed by atoms with Crippen LogP contribution in [-0.4, -0.2) is 47.9 Å². The lowest BCUT2D eigenvalue weighted by molar-refractivity contribution is -0.134. The molecule has 3 fully saturated rings. The van der Waals surface area contributed by atoms with Gasteiger partial charge >= 0.3 is 6.03 Å². The number of hydrogen-bond donors (Lipinski definition) is 2. The van der Waals surface area contributed by atoms with Crippen LogP contribution >= 0.6 is 0 Å². The molecule has 4 rings (SSSR count). The number of halogens is 2. The highest BCUT2D eigenvalue weighted by atomic mass is 19.1. The first-order chi connectivity index (χ1) is 13.9. The molecular formula is C20H24F2N4O3. The van der Waals surface area contributed by atoms with E-state index in [0.717, 1.165) is 49.1 Å². The number of carbonyl (C=O) groups excluding carboxylic acids is 3. The molecule has 1 spiro atoms. The molecule has 3 aliphatic rings. The number of rotatable bonds is 4. The number of imide groups is 1. The Hall–Kier alpha value is -2.71. The van der Waals surface area contributed by atoms with Crippen LogP contribution in [0.25, 0.3) is 0 Å². The summed E-state index contributed by atoms with van der Waals surface area (Å²) in [7, 11) is 0. The summed E-state index contributed by atoms with van der Waals surface area (Å²) in [6, 6.07) is 1.51. The molecular weight excluding hydrogens is 382 g/mol. The monoisotopic (exact) mass is 406 g/mol. The van der Waals surface area contributed by atoms with Gasteiger partial charge in [0.1, 0.15) is 17.8 Å². The molecule has 0 radical (unpaired) electrons. The molecule has 7 nitrogen and oxygen atoms in total. The normalized spacial score (nSPS) is 21.0. The number of urea groups is 1. The molecule has 1 aromatic carbocycles. The van der Waals surface area contributed by atoms with Crippen molar-refractivity contribution >= 4 is 29.2 Å². The van der Waals surface area contributed by atoms with Crippen molar-refractivity contribution in [3.8, 4) is 0 Å². The Kier molecular flexibility index (Phi) is 5.14. The zero-order chi connectivity index (χ0) is 20.6. The summed E-state index contributed by atoms with van der Waals surface area (Å²) >= 11 is 0. The molecule has 0 bridgehead atoms. The van der Waals surface area contributed by atoms with Crippen molar-refractivity contribution in [1.29, 1.82) is 0 Å². The molecule has 1 aliphatic carbocycles. The van der Waals surface area contributed by atoms with E-state index in [1.165, 1.54) is 0 Å². The molecule has 0 unspecified atom stereocenters. The maximum atomic E-state index is 14.4. The van der Waals surface area contributed by atoms with E-state index in [-0.39, 0.29) is 11.4 Å². The number of benzene rings is 1. The van der Waals surface area contributed by atoms with Gasteiger partial charge in [0, 0.05) is 18.8 Å². The van der Waals surface area contributed by atoms with Crippen LogP contribution in [-0.2, 0) is 9.59 Å². The number of amides is 4. The quantitative estimate of drug-likeness (QED) is 0.754. The molecule has 2 heterocycles. The van der Waals surface area contributed by atoms with Gasteiger partial charge < -0.3 is 15.5 Å². The second kappa shape index (κ2) is 7.61. The molecule has 2 saturated heterocycles. The summed E-state index contributed by atoms with van der Waals surface area (Å²) in [6.07, 6.45) is 5.57. The second-order valence-electron chi connectivity index (χ2n) is 8.00. The van der Waals surface area contributed by atoms with Gasteiger partial charge in [0.05, 0.1) is 0 Å². The van der Waals surface area contributed by atoms with Gasteiger partial charge in [0.2, 0.25) is 5.91 Å². The Balaban J connectivity index is 1.43. The molecule has 0 aromatic heterocycles. The van der Waals surface area contributed by atoms with E-state index < -0.39 is 41.6 Å². The molecule has 9 heteroatoms. The zero-order valence-corrected chi connectivity index (χ0v) is 16.1. The molecule has 2 aliphatic heterocycles. The zero-order valence-electron chi connectivity index (χ0n) is 16.1. The van der Waals surface area contributed by atoms with Crippen LogP contribution in [0.1, 0.15) is 44.9 Å². The van der Waals surface area contributed by atoms with Crippen molar-refractivity contribution < 1.29 is 23.2 Å². The minimum Gasteiger partial charge on any atom is -0.367 e. The van der Waals surface area contributed by atoms with Crippen molar-refractivity contribution in [2.45, 2.75) is 50.5 Å². The topological polar surface area (TPSA) is 81.8 Å². The van der Waals surface area contributed by atoms with Crippen LogP contribution in [0.4, 0.5) is 25.0 Å². The van der Waals surface area contributed by atoms with E-state index in [4.69, 9.17) is 0 Å². The fourth-order valence-electron chi connectivity index (χ4n) is 4.54. The highest BCUT2D eigenvalue weighted by Gasteiger charge is 2.51. The maximum absolute atomic E-state index is 14.4. The average molecular weight is 406 g/mol. The van der Waals surface area contributed by atoms with Crippen LogP contribution in [0.5, 0.6) is 0 Å². The number of carbonyl (C=O) groups is 3. The molecule has 0 atom stereocenters.